The fraction of sp³-hybridized carbons (Fsp3) is 0.353. The summed E-state index contributed by atoms with van der Waals surface area (Å²) < 4.78 is 32.9. The number of carbonyl (C=O) groups excluding carboxylic acids is 1. The zero-order valence-electron chi connectivity index (χ0n) is 14.3. The van der Waals surface area contributed by atoms with Gasteiger partial charge in [-0.25, -0.2) is 17.9 Å². The van der Waals surface area contributed by atoms with E-state index in [9.17, 15) is 13.2 Å². The van der Waals surface area contributed by atoms with Crippen molar-refractivity contribution in [3.63, 3.8) is 0 Å². The molecule has 0 unspecified atom stereocenters. The van der Waals surface area contributed by atoms with Gasteiger partial charge >= 0.3 is 5.97 Å². The molecule has 0 aliphatic heterocycles. The molecule has 0 fully saturated rings. The number of hydrogen-bond acceptors (Lipinski definition) is 4. The first kappa shape index (κ1) is 18.2. The highest BCUT2D eigenvalue weighted by Crippen LogP contribution is 2.24. The van der Waals surface area contributed by atoms with Gasteiger partial charge in [0.1, 0.15) is 10.6 Å². The number of aromatic nitrogens is 1. The molecule has 1 aromatic carbocycles. The van der Waals surface area contributed by atoms with Crippen LogP contribution in [-0.4, -0.2) is 26.0 Å². The first-order valence-electron chi connectivity index (χ1n) is 7.68. The van der Waals surface area contributed by atoms with Gasteiger partial charge in [-0.1, -0.05) is 24.3 Å². The second kappa shape index (κ2) is 7.19. The van der Waals surface area contributed by atoms with Crippen molar-refractivity contribution in [2.75, 3.05) is 6.61 Å². The minimum absolute atomic E-state index is 0.0964. The summed E-state index contributed by atoms with van der Waals surface area (Å²) in [4.78, 5) is 14.8. The van der Waals surface area contributed by atoms with Gasteiger partial charge in [0, 0.05) is 17.8 Å². The predicted molar refractivity (Wildman–Crippen MR) is 91.4 cm³/mol. The van der Waals surface area contributed by atoms with Crippen LogP contribution in [0.2, 0.25) is 0 Å². The SMILES string of the molecule is CCOC(=O)c1[nH]c(C)c(S(=O)(=O)NCc2ccccc2C)c1C. The van der Waals surface area contributed by atoms with Crippen LogP contribution in [0.1, 0.15) is 39.8 Å². The molecule has 2 aromatic rings. The molecule has 7 heteroatoms. The molecule has 0 amide bonds. The summed E-state index contributed by atoms with van der Waals surface area (Å²) in [5, 5.41) is 0. The second-order valence-electron chi connectivity index (χ2n) is 5.55. The van der Waals surface area contributed by atoms with E-state index in [1.165, 1.54) is 0 Å². The van der Waals surface area contributed by atoms with Crippen molar-refractivity contribution in [2.24, 2.45) is 0 Å². The number of aromatic amines is 1. The number of carbonyl (C=O) groups is 1. The van der Waals surface area contributed by atoms with Crippen LogP contribution in [0, 0.1) is 20.8 Å². The zero-order chi connectivity index (χ0) is 17.9. The van der Waals surface area contributed by atoms with Gasteiger partial charge in [0.15, 0.2) is 0 Å². The number of nitrogens with one attached hydrogen (secondary N) is 2. The standard InChI is InChI=1S/C17H22N2O4S/c1-5-23-17(20)15-12(3)16(13(4)19-15)24(21,22)18-10-14-9-7-6-8-11(14)2/h6-9,18-19H,5,10H2,1-4H3. The Hall–Kier alpha value is -2.12. The number of benzene rings is 1. The van der Waals surface area contributed by atoms with Gasteiger partial charge in [0.25, 0.3) is 0 Å². The third kappa shape index (κ3) is 3.68. The summed E-state index contributed by atoms with van der Waals surface area (Å²) in [7, 11) is -3.75. The predicted octanol–water partition coefficient (Wildman–Crippen LogP) is 2.60. The number of sulfonamides is 1. The van der Waals surface area contributed by atoms with Gasteiger partial charge in [0.05, 0.1) is 6.61 Å². The molecule has 0 aliphatic rings. The number of aryl methyl sites for hydroxylation is 2. The van der Waals surface area contributed by atoms with Crippen molar-refractivity contribution in [1.29, 1.82) is 0 Å². The van der Waals surface area contributed by atoms with E-state index in [2.05, 4.69) is 9.71 Å². The Kier molecular flexibility index (Phi) is 5.46. The third-order valence-electron chi connectivity index (χ3n) is 3.83. The van der Waals surface area contributed by atoms with Crippen LogP contribution in [0.3, 0.4) is 0 Å². The summed E-state index contributed by atoms with van der Waals surface area (Å²) in [6.07, 6.45) is 0. The van der Waals surface area contributed by atoms with Gasteiger partial charge in [-0.15, -0.1) is 0 Å². The average Bonchev–Trinajstić information content (AvgIpc) is 2.82. The highest BCUT2D eigenvalue weighted by atomic mass is 32.2. The average molecular weight is 350 g/mol. The lowest BCUT2D eigenvalue weighted by molar-refractivity contribution is 0.0519. The van der Waals surface area contributed by atoms with Crippen molar-refractivity contribution in [1.82, 2.24) is 9.71 Å². The molecule has 0 aliphatic carbocycles. The lowest BCUT2D eigenvalue weighted by Crippen LogP contribution is -2.24. The maximum Gasteiger partial charge on any atom is 0.355 e. The molecule has 0 radical (unpaired) electrons. The summed E-state index contributed by atoms with van der Waals surface area (Å²) in [5.41, 5.74) is 2.86. The molecule has 0 bridgehead atoms. The molecule has 6 nitrogen and oxygen atoms in total. The van der Waals surface area contributed by atoms with E-state index in [4.69, 9.17) is 4.74 Å². The maximum atomic E-state index is 12.7. The summed E-state index contributed by atoms with van der Waals surface area (Å²) in [5.74, 6) is -0.557. The van der Waals surface area contributed by atoms with Crippen LogP contribution >= 0.6 is 0 Å². The third-order valence-corrected chi connectivity index (χ3v) is 5.51. The number of esters is 1. The largest absolute Gasteiger partial charge is 0.461 e. The quantitative estimate of drug-likeness (QED) is 0.784. The Morgan fingerprint density at radius 2 is 1.88 bits per heavy atom. The molecular formula is C17H22N2O4S. The minimum Gasteiger partial charge on any atom is -0.461 e. The Bertz CT molecular complexity index is 853. The monoisotopic (exact) mass is 350 g/mol. The topological polar surface area (TPSA) is 88.3 Å². The van der Waals surface area contributed by atoms with Gasteiger partial charge < -0.3 is 9.72 Å². The second-order valence-corrected chi connectivity index (χ2v) is 7.25. The van der Waals surface area contributed by atoms with E-state index in [1.54, 1.807) is 20.8 Å². The van der Waals surface area contributed by atoms with Crippen LogP contribution in [0.15, 0.2) is 29.2 Å². The van der Waals surface area contributed by atoms with Crippen LogP contribution in [0.25, 0.3) is 0 Å². The zero-order valence-corrected chi connectivity index (χ0v) is 15.1. The summed E-state index contributed by atoms with van der Waals surface area (Å²) in [6.45, 7) is 7.26. The Morgan fingerprint density at radius 1 is 1.21 bits per heavy atom. The van der Waals surface area contributed by atoms with Crippen molar-refractivity contribution < 1.29 is 17.9 Å². The number of hydrogen-bond donors (Lipinski definition) is 2. The van der Waals surface area contributed by atoms with E-state index in [0.29, 0.717) is 11.3 Å². The van der Waals surface area contributed by atoms with Crippen molar-refractivity contribution in [3.05, 3.63) is 52.3 Å². The smallest absolute Gasteiger partial charge is 0.355 e. The van der Waals surface area contributed by atoms with E-state index in [1.807, 2.05) is 31.2 Å². The van der Waals surface area contributed by atoms with Crippen LogP contribution < -0.4 is 4.72 Å². The lowest BCUT2D eigenvalue weighted by atomic mass is 10.1. The fourth-order valence-corrected chi connectivity index (χ4v) is 4.05. The van der Waals surface area contributed by atoms with Crippen LogP contribution in [0.5, 0.6) is 0 Å². The van der Waals surface area contributed by atoms with E-state index in [0.717, 1.165) is 11.1 Å². The molecule has 0 saturated carbocycles. The molecular weight excluding hydrogens is 328 g/mol. The molecule has 24 heavy (non-hydrogen) atoms. The van der Waals surface area contributed by atoms with Crippen LogP contribution in [-0.2, 0) is 21.3 Å². The molecule has 2 N–H and O–H groups in total. The van der Waals surface area contributed by atoms with E-state index < -0.39 is 16.0 Å². The van der Waals surface area contributed by atoms with E-state index in [-0.39, 0.29) is 23.7 Å². The number of rotatable bonds is 6. The molecule has 1 heterocycles. The number of H-pyrrole nitrogens is 1. The first-order chi connectivity index (χ1) is 11.3. The van der Waals surface area contributed by atoms with Gasteiger partial charge in [0.2, 0.25) is 10.0 Å². The van der Waals surface area contributed by atoms with Crippen LogP contribution in [0.4, 0.5) is 0 Å². The molecule has 0 atom stereocenters. The Balaban J connectivity index is 2.30. The van der Waals surface area contributed by atoms with Crippen molar-refractivity contribution >= 4 is 16.0 Å². The fourth-order valence-electron chi connectivity index (χ4n) is 2.60. The van der Waals surface area contributed by atoms with Gasteiger partial charge in [-0.05, 0) is 38.8 Å². The van der Waals surface area contributed by atoms with E-state index >= 15 is 0 Å². The maximum absolute atomic E-state index is 12.7. The van der Waals surface area contributed by atoms with Crippen molar-refractivity contribution in [3.8, 4) is 0 Å². The Labute approximate surface area is 142 Å². The molecule has 0 spiro atoms. The van der Waals surface area contributed by atoms with Gasteiger partial charge in [-0.2, -0.15) is 0 Å². The van der Waals surface area contributed by atoms with Crippen molar-refractivity contribution in [2.45, 2.75) is 39.1 Å². The lowest BCUT2D eigenvalue weighted by Gasteiger charge is -2.09. The highest BCUT2D eigenvalue weighted by molar-refractivity contribution is 7.89. The first-order valence-corrected chi connectivity index (χ1v) is 9.16. The summed E-state index contributed by atoms with van der Waals surface area (Å²) in [6, 6.07) is 7.57. The summed E-state index contributed by atoms with van der Waals surface area (Å²) >= 11 is 0. The Morgan fingerprint density at radius 3 is 2.50 bits per heavy atom. The number of ether oxygens (including phenoxy) is 1. The molecule has 130 valence electrons. The molecule has 1 aromatic heterocycles. The van der Waals surface area contributed by atoms with Gasteiger partial charge in [-0.3, -0.25) is 0 Å². The molecule has 0 saturated heterocycles. The normalized spacial score (nSPS) is 11.5. The highest BCUT2D eigenvalue weighted by Gasteiger charge is 2.26. The minimum atomic E-state index is -3.75. The molecule has 2 rings (SSSR count).